The number of nitrogens with one attached hydrogen (secondary N) is 3. The van der Waals surface area contributed by atoms with E-state index in [1.807, 2.05) is 0 Å². The molecule has 2 aromatic heterocycles. The van der Waals surface area contributed by atoms with Gasteiger partial charge in [-0.2, -0.15) is 18.3 Å². The van der Waals surface area contributed by atoms with Crippen LogP contribution < -0.4 is 5.32 Å². The number of piperidine rings is 1. The number of carbonyl (C=O) groups is 2. The highest BCUT2D eigenvalue weighted by atomic mass is 19.4. The van der Waals surface area contributed by atoms with E-state index in [1.54, 1.807) is 34.7 Å². The summed E-state index contributed by atoms with van der Waals surface area (Å²) in [6, 6.07) is 6.79. The fraction of sp³-hybridized carbons (Fsp3) is 0.368. The van der Waals surface area contributed by atoms with Gasteiger partial charge in [0.25, 0.3) is 11.8 Å². The summed E-state index contributed by atoms with van der Waals surface area (Å²) < 4.78 is 36.7. The molecule has 0 spiro atoms. The van der Waals surface area contributed by atoms with Crippen LogP contribution in [-0.2, 0) is 0 Å². The van der Waals surface area contributed by atoms with Crippen molar-refractivity contribution < 1.29 is 22.8 Å². The lowest BCUT2D eigenvalue weighted by Gasteiger charge is -2.31. The number of hydrogen-bond donors (Lipinski definition) is 3. The SMILES string of the molecule is O=C(NCC(F)(F)F)c1cc(C2CCN(C(=O)c3ccc4nc[nH]c4c3)CC2)[nH]n1. The van der Waals surface area contributed by atoms with Gasteiger partial charge in [0.15, 0.2) is 0 Å². The molecule has 1 aromatic carbocycles. The van der Waals surface area contributed by atoms with Crippen molar-refractivity contribution in [2.45, 2.75) is 24.9 Å². The van der Waals surface area contributed by atoms with Crippen LogP contribution in [0.1, 0.15) is 45.3 Å². The van der Waals surface area contributed by atoms with E-state index in [0.29, 0.717) is 37.2 Å². The minimum Gasteiger partial charge on any atom is -0.345 e. The molecule has 11 heteroatoms. The van der Waals surface area contributed by atoms with Crippen LogP contribution in [-0.4, -0.2) is 62.7 Å². The number of nitrogens with zero attached hydrogens (tertiary/aromatic N) is 3. The van der Waals surface area contributed by atoms with Crippen molar-refractivity contribution in [2.75, 3.05) is 19.6 Å². The molecule has 0 saturated carbocycles. The Morgan fingerprint density at radius 3 is 2.70 bits per heavy atom. The zero-order valence-electron chi connectivity index (χ0n) is 15.8. The first kappa shape index (κ1) is 19.9. The van der Waals surface area contributed by atoms with Crippen LogP contribution >= 0.6 is 0 Å². The summed E-state index contributed by atoms with van der Waals surface area (Å²) in [7, 11) is 0. The average molecular weight is 420 g/mol. The van der Waals surface area contributed by atoms with Crippen LogP contribution in [0.2, 0.25) is 0 Å². The lowest BCUT2D eigenvalue weighted by atomic mass is 9.93. The third kappa shape index (κ3) is 4.29. The molecule has 3 aromatic rings. The summed E-state index contributed by atoms with van der Waals surface area (Å²) in [5.74, 6) is -0.904. The quantitative estimate of drug-likeness (QED) is 0.603. The predicted molar refractivity (Wildman–Crippen MR) is 101 cm³/mol. The van der Waals surface area contributed by atoms with Gasteiger partial charge >= 0.3 is 6.18 Å². The van der Waals surface area contributed by atoms with Gasteiger partial charge in [-0.05, 0) is 37.1 Å². The maximum atomic E-state index is 12.8. The Kier molecular flexibility index (Phi) is 5.18. The summed E-state index contributed by atoms with van der Waals surface area (Å²) in [6.45, 7) is -0.350. The van der Waals surface area contributed by atoms with Crippen molar-refractivity contribution >= 4 is 22.8 Å². The van der Waals surface area contributed by atoms with Gasteiger partial charge in [-0.3, -0.25) is 14.7 Å². The van der Waals surface area contributed by atoms with Gasteiger partial charge in [-0.15, -0.1) is 0 Å². The van der Waals surface area contributed by atoms with Crippen LogP contribution in [0.4, 0.5) is 13.2 Å². The molecule has 1 fully saturated rings. The Morgan fingerprint density at radius 1 is 1.20 bits per heavy atom. The zero-order valence-corrected chi connectivity index (χ0v) is 15.8. The number of aromatic amines is 2. The summed E-state index contributed by atoms with van der Waals surface area (Å²) in [5.41, 5.74) is 2.76. The molecule has 0 unspecified atom stereocenters. The van der Waals surface area contributed by atoms with E-state index in [0.717, 1.165) is 11.0 Å². The molecule has 158 valence electrons. The number of benzene rings is 1. The van der Waals surface area contributed by atoms with E-state index in [-0.39, 0.29) is 17.5 Å². The second kappa shape index (κ2) is 7.81. The molecule has 1 saturated heterocycles. The second-order valence-corrected chi connectivity index (χ2v) is 7.21. The molecule has 8 nitrogen and oxygen atoms in total. The van der Waals surface area contributed by atoms with Crippen LogP contribution in [0.5, 0.6) is 0 Å². The van der Waals surface area contributed by atoms with E-state index in [9.17, 15) is 22.8 Å². The van der Waals surface area contributed by atoms with Gasteiger partial charge in [0, 0.05) is 30.3 Å². The third-order valence-electron chi connectivity index (χ3n) is 5.17. The maximum Gasteiger partial charge on any atom is 0.405 e. The van der Waals surface area contributed by atoms with Crippen molar-refractivity contribution in [2.24, 2.45) is 0 Å². The Labute approximate surface area is 168 Å². The normalized spacial score (nSPS) is 15.5. The van der Waals surface area contributed by atoms with Crippen LogP contribution in [0, 0.1) is 0 Å². The molecular formula is C19H19F3N6O2. The lowest BCUT2D eigenvalue weighted by Crippen LogP contribution is -2.38. The molecule has 0 atom stereocenters. The highest BCUT2D eigenvalue weighted by molar-refractivity contribution is 5.97. The van der Waals surface area contributed by atoms with E-state index in [2.05, 4.69) is 20.2 Å². The monoisotopic (exact) mass is 420 g/mol. The van der Waals surface area contributed by atoms with Gasteiger partial charge in [0.05, 0.1) is 17.4 Å². The minimum absolute atomic E-state index is 0.0424. The van der Waals surface area contributed by atoms with Gasteiger partial charge in [0.2, 0.25) is 0 Å². The average Bonchev–Trinajstić information content (AvgIpc) is 3.40. The summed E-state index contributed by atoms with van der Waals surface area (Å²) >= 11 is 0. The Bertz CT molecular complexity index is 1070. The number of H-pyrrole nitrogens is 2. The molecule has 3 heterocycles. The van der Waals surface area contributed by atoms with Crippen LogP contribution in [0.25, 0.3) is 11.0 Å². The number of halogens is 3. The van der Waals surface area contributed by atoms with Crippen molar-refractivity contribution in [3.8, 4) is 0 Å². The van der Waals surface area contributed by atoms with Crippen LogP contribution in [0.3, 0.4) is 0 Å². The van der Waals surface area contributed by atoms with Crippen molar-refractivity contribution in [3.05, 3.63) is 47.5 Å². The summed E-state index contributed by atoms with van der Waals surface area (Å²) in [5, 5.41) is 8.36. The number of imidazole rings is 1. The molecule has 1 aliphatic heterocycles. The number of rotatable bonds is 4. The van der Waals surface area contributed by atoms with Gasteiger partial charge in [-0.25, -0.2) is 4.98 Å². The molecule has 2 amide bonds. The van der Waals surface area contributed by atoms with Gasteiger partial charge in [-0.1, -0.05) is 0 Å². The van der Waals surface area contributed by atoms with E-state index in [4.69, 9.17) is 0 Å². The Balaban J connectivity index is 1.35. The molecule has 30 heavy (non-hydrogen) atoms. The van der Waals surface area contributed by atoms with Gasteiger partial charge < -0.3 is 15.2 Å². The smallest absolute Gasteiger partial charge is 0.345 e. The van der Waals surface area contributed by atoms with E-state index < -0.39 is 18.6 Å². The number of carbonyl (C=O) groups excluding carboxylic acids is 2. The largest absolute Gasteiger partial charge is 0.405 e. The maximum absolute atomic E-state index is 12.8. The number of fused-ring (bicyclic) bond motifs is 1. The van der Waals surface area contributed by atoms with Crippen molar-refractivity contribution in [3.63, 3.8) is 0 Å². The van der Waals surface area contributed by atoms with Crippen molar-refractivity contribution in [1.29, 1.82) is 0 Å². The molecule has 0 aliphatic carbocycles. The molecular weight excluding hydrogens is 401 g/mol. The number of hydrogen-bond acceptors (Lipinski definition) is 4. The number of amides is 2. The molecule has 0 radical (unpaired) electrons. The Hall–Kier alpha value is -3.37. The fourth-order valence-corrected chi connectivity index (χ4v) is 3.58. The number of likely N-dealkylation sites (tertiary alicyclic amines) is 1. The minimum atomic E-state index is -4.48. The van der Waals surface area contributed by atoms with E-state index >= 15 is 0 Å². The molecule has 1 aliphatic rings. The number of alkyl halides is 3. The standard InChI is InChI=1S/C19H19F3N6O2/c20-19(21,22)9-23-17(29)16-8-14(26-27-16)11-3-5-28(6-4-11)18(30)12-1-2-13-15(7-12)25-10-24-13/h1-2,7-8,10-11H,3-6,9H2,(H,23,29)(H,24,25)(H,26,27). The second-order valence-electron chi connectivity index (χ2n) is 7.21. The van der Waals surface area contributed by atoms with Crippen molar-refractivity contribution in [1.82, 2.24) is 30.4 Å². The first-order valence-electron chi connectivity index (χ1n) is 9.43. The lowest BCUT2D eigenvalue weighted by molar-refractivity contribution is -0.123. The molecule has 4 rings (SSSR count). The summed E-state index contributed by atoms with van der Waals surface area (Å²) in [6.07, 6.45) is -1.59. The highest BCUT2D eigenvalue weighted by Crippen LogP contribution is 2.28. The first-order valence-corrected chi connectivity index (χ1v) is 9.43. The van der Waals surface area contributed by atoms with Gasteiger partial charge in [0.1, 0.15) is 12.2 Å². The Morgan fingerprint density at radius 2 is 1.97 bits per heavy atom. The first-order chi connectivity index (χ1) is 14.3. The van der Waals surface area contributed by atoms with Crippen LogP contribution in [0.15, 0.2) is 30.6 Å². The highest BCUT2D eigenvalue weighted by Gasteiger charge is 2.29. The fourth-order valence-electron chi connectivity index (χ4n) is 3.58. The summed E-state index contributed by atoms with van der Waals surface area (Å²) in [4.78, 5) is 33.5. The predicted octanol–water partition coefficient (Wildman–Crippen LogP) is 2.60. The topological polar surface area (TPSA) is 107 Å². The molecule has 3 N–H and O–H groups in total. The third-order valence-corrected chi connectivity index (χ3v) is 5.17. The number of aromatic nitrogens is 4. The van der Waals surface area contributed by atoms with E-state index in [1.165, 1.54) is 6.07 Å². The molecule has 0 bridgehead atoms. The zero-order chi connectivity index (χ0) is 21.3.